The van der Waals surface area contributed by atoms with Crippen molar-refractivity contribution in [2.45, 2.75) is 18.6 Å². The van der Waals surface area contributed by atoms with Gasteiger partial charge in [-0.05, 0) is 17.7 Å². The summed E-state index contributed by atoms with van der Waals surface area (Å²) in [5.41, 5.74) is 6.01. The SMILES string of the molecule is COC(=O)c1ccc([C@@H](N)CC(F)(F)F)cc1. The summed E-state index contributed by atoms with van der Waals surface area (Å²) in [4.78, 5) is 11.1. The molecule has 0 aliphatic carbocycles. The van der Waals surface area contributed by atoms with Gasteiger partial charge in [0.1, 0.15) is 0 Å². The van der Waals surface area contributed by atoms with Crippen LogP contribution in [0.4, 0.5) is 13.2 Å². The van der Waals surface area contributed by atoms with Gasteiger partial charge >= 0.3 is 12.1 Å². The van der Waals surface area contributed by atoms with Crippen molar-refractivity contribution < 1.29 is 22.7 Å². The van der Waals surface area contributed by atoms with Crippen LogP contribution in [0.15, 0.2) is 24.3 Å². The van der Waals surface area contributed by atoms with Gasteiger partial charge in [0.2, 0.25) is 0 Å². The number of methoxy groups -OCH3 is 1. The first-order chi connectivity index (χ1) is 7.83. The zero-order chi connectivity index (χ0) is 13.1. The Morgan fingerprint density at radius 1 is 1.35 bits per heavy atom. The molecular weight excluding hydrogens is 235 g/mol. The van der Waals surface area contributed by atoms with Crippen LogP contribution in [0, 0.1) is 0 Å². The molecule has 0 heterocycles. The third-order valence-electron chi connectivity index (χ3n) is 2.21. The van der Waals surface area contributed by atoms with Crippen molar-refractivity contribution in [2.75, 3.05) is 7.11 Å². The molecule has 0 radical (unpaired) electrons. The molecule has 0 unspecified atom stereocenters. The van der Waals surface area contributed by atoms with Crippen LogP contribution in [0.5, 0.6) is 0 Å². The van der Waals surface area contributed by atoms with E-state index < -0.39 is 24.6 Å². The van der Waals surface area contributed by atoms with Crippen molar-refractivity contribution in [1.29, 1.82) is 0 Å². The standard InChI is InChI=1S/C11H12F3NO2/c1-17-10(16)8-4-2-7(3-5-8)9(15)6-11(12,13)14/h2-5,9H,6,15H2,1H3/t9-/m0/s1. The lowest BCUT2D eigenvalue weighted by Gasteiger charge is -2.14. The molecule has 2 N–H and O–H groups in total. The van der Waals surface area contributed by atoms with Crippen LogP contribution in [-0.4, -0.2) is 19.3 Å². The van der Waals surface area contributed by atoms with Crippen LogP contribution in [0.2, 0.25) is 0 Å². The first-order valence-corrected chi connectivity index (χ1v) is 4.84. The highest BCUT2D eigenvalue weighted by atomic mass is 19.4. The smallest absolute Gasteiger partial charge is 0.390 e. The van der Waals surface area contributed by atoms with Gasteiger partial charge in [-0.2, -0.15) is 13.2 Å². The van der Waals surface area contributed by atoms with Crippen molar-refractivity contribution in [3.63, 3.8) is 0 Å². The Balaban J connectivity index is 2.77. The predicted octanol–water partition coefficient (Wildman–Crippen LogP) is 2.43. The second kappa shape index (κ2) is 5.18. The maximum atomic E-state index is 12.1. The van der Waals surface area contributed by atoms with E-state index in [4.69, 9.17) is 5.73 Å². The minimum absolute atomic E-state index is 0.274. The molecule has 0 aliphatic heterocycles. The summed E-state index contributed by atoms with van der Waals surface area (Å²) in [6.07, 6.45) is -5.40. The Hall–Kier alpha value is -1.56. The Kier molecular flexibility index (Phi) is 4.11. The summed E-state index contributed by atoms with van der Waals surface area (Å²) >= 11 is 0. The quantitative estimate of drug-likeness (QED) is 0.834. The van der Waals surface area contributed by atoms with Gasteiger partial charge < -0.3 is 10.5 Å². The molecule has 0 saturated heterocycles. The molecule has 0 aromatic heterocycles. The second-order valence-electron chi connectivity index (χ2n) is 3.54. The Morgan fingerprint density at radius 2 is 1.88 bits per heavy atom. The number of hydrogen-bond donors (Lipinski definition) is 1. The van der Waals surface area contributed by atoms with E-state index in [1.807, 2.05) is 0 Å². The Labute approximate surface area is 96.4 Å². The Bertz CT molecular complexity index is 387. The first kappa shape index (κ1) is 13.5. The molecule has 1 aromatic carbocycles. The zero-order valence-corrected chi connectivity index (χ0v) is 9.12. The lowest BCUT2D eigenvalue weighted by molar-refractivity contribution is -0.138. The van der Waals surface area contributed by atoms with Gasteiger partial charge in [-0.15, -0.1) is 0 Å². The molecule has 6 heteroatoms. The summed E-state index contributed by atoms with van der Waals surface area (Å²) in [5, 5.41) is 0. The number of benzene rings is 1. The van der Waals surface area contributed by atoms with Crippen LogP contribution >= 0.6 is 0 Å². The van der Waals surface area contributed by atoms with Crippen LogP contribution in [0.25, 0.3) is 0 Å². The highest BCUT2D eigenvalue weighted by Crippen LogP contribution is 2.27. The molecule has 0 aliphatic rings. The highest BCUT2D eigenvalue weighted by Gasteiger charge is 2.30. The average Bonchev–Trinajstić information content (AvgIpc) is 2.26. The maximum absolute atomic E-state index is 12.1. The molecule has 94 valence electrons. The van der Waals surface area contributed by atoms with Crippen molar-refractivity contribution in [3.8, 4) is 0 Å². The largest absolute Gasteiger partial charge is 0.465 e. The van der Waals surface area contributed by atoms with Gasteiger partial charge in [0.05, 0.1) is 19.1 Å². The van der Waals surface area contributed by atoms with E-state index in [-0.39, 0.29) is 5.56 Å². The van der Waals surface area contributed by atoms with Crippen LogP contribution in [-0.2, 0) is 4.74 Å². The fourth-order valence-electron chi connectivity index (χ4n) is 1.35. The van der Waals surface area contributed by atoms with Crippen molar-refractivity contribution in [3.05, 3.63) is 35.4 Å². The second-order valence-corrected chi connectivity index (χ2v) is 3.54. The van der Waals surface area contributed by atoms with E-state index in [2.05, 4.69) is 4.74 Å². The summed E-state index contributed by atoms with van der Waals surface area (Å²) in [5.74, 6) is -0.541. The molecule has 0 bridgehead atoms. The molecule has 1 rings (SSSR count). The summed E-state index contributed by atoms with van der Waals surface area (Å²) in [6, 6.07) is 4.43. The number of nitrogens with two attached hydrogens (primary N) is 1. The number of hydrogen-bond acceptors (Lipinski definition) is 3. The molecule has 0 saturated carbocycles. The van der Waals surface area contributed by atoms with Gasteiger partial charge in [0, 0.05) is 6.04 Å². The predicted molar refractivity (Wildman–Crippen MR) is 55.4 cm³/mol. The maximum Gasteiger partial charge on any atom is 0.390 e. The van der Waals surface area contributed by atoms with E-state index in [0.717, 1.165) is 0 Å². The molecule has 3 nitrogen and oxygen atoms in total. The van der Waals surface area contributed by atoms with Crippen LogP contribution < -0.4 is 5.73 Å². The summed E-state index contributed by atoms with van der Waals surface area (Å²) in [6.45, 7) is 0. The van der Waals surface area contributed by atoms with E-state index in [1.165, 1.54) is 31.4 Å². The lowest BCUT2D eigenvalue weighted by Crippen LogP contribution is -2.20. The number of rotatable bonds is 3. The van der Waals surface area contributed by atoms with Crippen molar-refractivity contribution in [1.82, 2.24) is 0 Å². The molecule has 0 fully saturated rings. The van der Waals surface area contributed by atoms with Crippen LogP contribution in [0.1, 0.15) is 28.4 Å². The van der Waals surface area contributed by atoms with E-state index in [0.29, 0.717) is 5.56 Å². The number of alkyl halides is 3. The molecule has 1 aromatic rings. The minimum Gasteiger partial charge on any atom is -0.465 e. The van der Waals surface area contributed by atoms with Gasteiger partial charge in [0.25, 0.3) is 0 Å². The number of carbonyl (C=O) groups is 1. The van der Waals surface area contributed by atoms with Crippen molar-refractivity contribution in [2.24, 2.45) is 5.73 Å². The van der Waals surface area contributed by atoms with Gasteiger partial charge in [0.15, 0.2) is 0 Å². The van der Waals surface area contributed by atoms with Gasteiger partial charge in [-0.1, -0.05) is 12.1 Å². The topological polar surface area (TPSA) is 52.3 Å². The van der Waals surface area contributed by atoms with Crippen molar-refractivity contribution >= 4 is 5.97 Å². The molecule has 1 atom stereocenters. The first-order valence-electron chi connectivity index (χ1n) is 4.84. The van der Waals surface area contributed by atoms with Gasteiger partial charge in [-0.3, -0.25) is 0 Å². The zero-order valence-electron chi connectivity index (χ0n) is 9.12. The number of carbonyl (C=O) groups excluding carboxylic acids is 1. The number of ether oxygens (including phenoxy) is 1. The average molecular weight is 247 g/mol. The summed E-state index contributed by atoms with van der Waals surface area (Å²) in [7, 11) is 1.23. The number of halogens is 3. The van der Waals surface area contributed by atoms with E-state index >= 15 is 0 Å². The highest BCUT2D eigenvalue weighted by molar-refractivity contribution is 5.89. The molecule has 0 spiro atoms. The Morgan fingerprint density at radius 3 is 2.29 bits per heavy atom. The number of esters is 1. The third kappa shape index (κ3) is 4.07. The molecular formula is C11H12F3NO2. The monoisotopic (exact) mass is 247 g/mol. The minimum atomic E-state index is -4.31. The van der Waals surface area contributed by atoms with E-state index in [1.54, 1.807) is 0 Å². The molecule has 0 amide bonds. The molecule has 17 heavy (non-hydrogen) atoms. The van der Waals surface area contributed by atoms with Gasteiger partial charge in [-0.25, -0.2) is 4.79 Å². The third-order valence-corrected chi connectivity index (χ3v) is 2.21. The summed E-state index contributed by atoms with van der Waals surface area (Å²) < 4.78 is 40.8. The van der Waals surface area contributed by atoms with Crippen LogP contribution in [0.3, 0.4) is 0 Å². The van der Waals surface area contributed by atoms with E-state index in [9.17, 15) is 18.0 Å². The fourth-order valence-corrected chi connectivity index (χ4v) is 1.35. The lowest BCUT2D eigenvalue weighted by atomic mass is 10.0. The normalized spacial score (nSPS) is 13.2. The fraction of sp³-hybridized carbons (Fsp3) is 0.364.